The summed E-state index contributed by atoms with van der Waals surface area (Å²) in [6.45, 7) is 0. The largest absolute Gasteiger partial charge is 0.466 e. The zero-order valence-electron chi connectivity index (χ0n) is 15.0. The van der Waals surface area contributed by atoms with Crippen LogP contribution in [0.1, 0.15) is 0 Å². The van der Waals surface area contributed by atoms with E-state index < -0.39 is 23.8 Å². The van der Waals surface area contributed by atoms with E-state index in [-0.39, 0.29) is 0 Å². The van der Waals surface area contributed by atoms with Crippen molar-refractivity contribution in [2.45, 2.75) is 0 Å². The third-order valence-corrected chi connectivity index (χ3v) is 3.41. The Balaban J connectivity index is 2.81. The van der Waals surface area contributed by atoms with Gasteiger partial charge in [-0.3, -0.25) is 9.59 Å². The van der Waals surface area contributed by atoms with Crippen LogP contribution in [-0.4, -0.2) is 52.1 Å². The standard InChI is InChI=1S/C18H20N2O6/c1-19(15(21)9-11-17(23)25-3)13-5-7-14(8-6-13)20(2)16(22)10-12-18(24)26-4/h5-12H,1-4H3/b11-9-,12-10-. The van der Waals surface area contributed by atoms with Gasteiger partial charge in [0.25, 0.3) is 11.8 Å². The molecule has 1 aromatic rings. The Morgan fingerprint density at radius 3 is 1.27 bits per heavy atom. The number of rotatable bonds is 6. The maximum atomic E-state index is 12.0. The Labute approximate surface area is 151 Å². The summed E-state index contributed by atoms with van der Waals surface area (Å²) in [7, 11) is 5.54. The van der Waals surface area contributed by atoms with Gasteiger partial charge in [0.1, 0.15) is 0 Å². The summed E-state index contributed by atoms with van der Waals surface area (Å²) in [5, 5.41) is 0. The van der Waals surface area contributed by atoms with E-state index in [0.717, 1.165) is 24.3 Å². The average Bonchev–Trinajstić information content (AvgIpc) is 2.68. The van der Waals surface area contributed by atoms with Gasteiger partial charge in [-0.15, -0.1) is 0 Å². The van der Waals surface area contributed by atoms with Crippen LogP contribution in [0.5, 0.6) is 0 Å². The van der Waals surface area contributed by atoms with Crippen molar-refractivity contribution in [2.24, 2.45) is 0 Å². The second-order valence-corrected chi connectivity index (χ2v) is 5.02. The molecule has 0 aliphatic rings. The monoisotopic (exact) mass is 360 g/mol. The van der Waals surface area contributed by atoms with Crippen molar-refractivity contribution >= 4 is 35.1 Å². The molecule has 0 spiro atoms. The van der Waals surface area contributed by atoms with E-state index in [2.05, 4.69) is 9.47 Å². The lowest BCUT2D eigenvalue weighted by Gasteiger charge is -2.19. The number of methoxy groups -OCH3 is 2. The number of carbonyl (C=O) groups excluding carboxylic acids is 4. The van der Waals surface area contributed by atoms with E-state index in [1.807, 2.05) is 0 Å². The fraction of sp³-hybridized carbons (Fsp3) is 0.222. The summed E-state index contributed by atoms with van der Waals surface area (Å²) in [6, 6.07) is 6.58. The van der Waals surface area contributed by atoms with Crippen LogP contribution in [0, 0.1) is 0 Å². The molecule has 1 rings (SSSR count). The molecule has 0 fully saturated rings. The summed E-state index contributed by atoms with van der Waals surface area (Å²) in [5.74, 6) is -2.06. The Morgan fingerprint density at radius 1 is 0.692 bits per heavy atom. The third kappa shape index (κ3) is 5.90. The minimum absolute atomic E-state index is 0.409. The molecular weight excluding hydrogens is 340 g/mol. The number of amides is 2. The maximum absolute atomic E-state index is 12.0. The Morgan fingerprint density at radius 2 is 1.00 bits per heavy atom. The van der Waals surface area contributed by atoms with Crippen LogP contribution in [0.4, 0.5) is 11.4 Å². The van der Waals surface area contributed by atoms with Gasteiger partial charge >= 0.3 is 11.9 Å². The summed E-state index contributed by atoms with van der Waals surface area (Å²) < 4.78 is 8.85. The molecule has 0 aromatic heterocycles. The number of carbonyl (C=O) groups is 4. The molecule has 0 atom stereocenters. The van der Waals surface area contributed by atoms with E-state index >= 15 is 0 Å². The number of anilines is 2. The van der Waals surface area contributed by atoms with Gasteiger partial charge in [0.15, 0.2) is 0 Å². The SMILES string of the molecule is COC(=O)/C=C\C(=O)N(C)c1ccc(N(C)C(=O)/C=C\C(=O)OC)cc1. The van der Waals surface area contributed by atoms with Gasteiger partial charge in [-0.05, 0) is 24.3 Å². The first-order chi connectivity index (χ1) is 12.3. The van der Waals surface area contributed by atoms with Crippen LogP contribution >= 0.6 is 0 Å². The number of nitrogens with zero attached hydrogens (tertiary/aromatic N) is 2. The number of hydrogen-bond acceptors (Lipinski definition) is 6. The second kappa shape index (κ2) is 9.77. The first-order valence-corrected chi connectivity index (χ1v) is 7.47. The minimum atomic E-state index is -0.623. The first kappa shape index (κ1) is 20.6. The van der Waals surface area contributed by atoms with E-state index in [4.69, 9.17) is 0 Å². The predicted octanol–water partition coefficient (Wildman–Crippen LogP) is 1.07. The van der Waals surface area contributed by atoms with Gasteiger partial charge in [-0.25, -0.2) is 9.59 Å². The second-order valence-electron chi connectivity index (χ2n) is 5.02. The van der Waals surface area contributed by atoms with Gasteiger partial charge in [0.2, 0.25) is 0 Å². The van der Waals surface area contributed by atoms with E-state index in [1.165, 1.54) is 24.0 Å². The van der Waals surface area contributed by atoms with Crippen LogP contribution < -0.4 is 9.80 Å². The summed E-state index contributed by atoms with van der Waals surface area (Å²) in [5.41, 5.74) is 1.14. The fourth-order valence-corrected chi connectivity index (χ4v) is 1.79. The summed E-state index contributed by atoms with van der Waals surface area (Å²) >= 11 is 0. The molecule has 1 aromatic carbocycles. The van der Waals surface area contributed by atoms with Gasteiger partial charge in [-0.2, -0.15) is 0 Å². The van der Waals surface area contributed by atoms with Gasteiger partial charge < -0.3 is 19.3 Å². The van der Waals surface area contributed by atoms with Crippen LogP contribution in [0.3, 0.4) is 0 Å². The lowest BCUT2D eigenvalue weighted by Crippen LogP contribution is -2.26. The molecule has 0 saturated heterocycles. The molecule has 0 N–H and O–H groups in total. The van der Waals surface area contributed by atoms with E-state index in [0.29, 0.717) is 11.4 Å². The van der Waals surface area contributed by atoms with Gasteiger partial charge in [0.05, 0.1) is 14.2 Å². The topological polar surface area (TPSA) is 93.2 Å². The smallest absolute Gasteiger partial charge is 0.330 e. The van der Waals surface area contributed by atoms with Crippen molar-refractivity contribution in [1.29, 1.82) is 0 Å². The quantitative estimate of drug-likeness (QED) is 0.556. The molecule has 0 unspecified atom stereocenters. The van der Waals surface area contributed by atoms with Crippen molar-refractivity contribution in [2.75, 3.05) is 38.1 Å². The molecule has 0 saturated carbocycles. The minimum Gasteiger partial charge on any atom is -0.466 e. The molecule has 8 heteroatoms. The number of benzene rings is 1. The number of hydrogen-bond donors (Lipinski definition) is 0. The van der Waals surface area contributed by atoms with E-state index in [1.54, 1.807) is 38.4 Å². The van der Waals surface area contributed by atoms with Crippen LogP contribution in [0.2, 0.25) is 0 Å². The molecule has 26 heavy (non-hydrogen) atoms. The van der Waals surface area contributed by atoms with Crippen molar-refractivity contribution < 1.29 is 28.7 Å². The van der Waals surface area contributed by atoms with Crippen molar-refractivity contribution in [1.82, 2.24) is 0 Å². The molecule has 2 amide bonds. The summed E-state index contributed by atoms with van der Waals surface area (Å²) in [6.07, 6.45) is 4.28. The molecule has 0 heterocycles. The van der Waals surface area contributed by atoms with Crippen LogP contribution in [0.25, 0.3) is 0 Å². The molecule has 0 radical (unpaired) electrons. The third-order valence-electron chi connectivity index (χ3n) is 3.41. The Bertz CT molecular complexity index is 674. The van der Waals surface area contributed by atoms with Crippen molar-refractivity contribution in [3.05, 3.63) is 48.6 Å². The van der Waals surface area contributed by atoms with Gasteiger partial charge in [-0.1, -0.05) is 0 Å². The number of likely N-dealkylation sites (N-methyl/N-ethyl adjacent to an activating group) is 2. The highest BCUT2D eigenvalue weighted by molar-refractivity contribution is 6.05. The molecule has 0 aliphatic carbocycles. The van der Waals surface area contributed by atoms with Crippen molar-refractivity contribution in [3.8, 4) is 0 Å². The van der Waals surface area contributed by atoms with Crippen LogP contribution in [-0.2, 0) is 28.7 Å². The molecule has 0 bridgehead atoms. The molecule has 8 nitrogen and oxygen atoms in total. The predicted molar refractivity (Wildman–Crippen MR) is 95.6 cm³/mol. The average molecular weight is 360 g/mol. The van der Waals surface area contributed by atoms with E-state index in [9.17, 15) is 19.2 Å². The number of esters is 2. The Kier molecular flexibility index (Phi) is 7.75. The summed E-state index contributed by atoms with van der Waals surface area (Å²) in [4.78, 5) is 48.7. The molecule has 0 aliphatic heterocycles. The Hall–Kier alpha value is -3.42. The first-order valence-electron chi connectivity index (χ1n) is 7.47. The zero-order valence-corrected chi connectivity index (χ0v) is 15.0. The molecule has 138 valence electrons. The fourth-order valence-electron chi connectivity index (χ4n) is 1.79. The number of ether oxygens (including phenoxy) is 2. The lowest BCUT2D eigenvalue weighted by molar-refractivity contribution is -0.135. The van der Waals surface area contributed by atoms with Crippen LogP contribution in [0.15, 0.2) is 48.6 Å². The lowest BCUT2D eigenvalue weighted by atomic mass is 10.2. The highest BCUT2D eigenvalue weighted by Gasteiger charge is 2.11. The van der Waals surface area contributed by atoms with Crippen molar-refractivity contribution in [3.63, 3.8) is 0 Å². The molecular formula is C18H20N2O6. The maximum Gasteiger partial charge on any atom is 0.330 e. The van der Waals surface area contributed by atoms with Gasteiger partial charge in [0, 0.05) is 49.8 Å². The highest BCUT2D eigenvalue weighted by Crippen LogP contribution is 2.20. The highest BCUT2D eigenvalue weighted by atomic mass is 16.5. The zero-order chi connectivity index (χ0) is 19.7. The normalized spacial score (nSPS) is 10.6.